The van der Waals surface area contributed by atoms with Gasteiger partial charge in [0.25, 0.3) is 0 Å². The van der Waals surface area contributed by atoms with Gasteiger partial charge in [-0.2, -0.15) is 0 Å². The van der Waals surface area contributed by atoms with Crippen LogP contribution in [0.15, 0.2) is 18.2 Å². The standard InChI is InChI=1S/C14H22N2O/c1-5-6-12(15)14(17)16(4)13-8-7-10(2)9-11(13)3/h7-9,12H,5-6,15H2,1-4H3/t12-/m1/s1. The van der Waals surface area contributed by atoms with Crippen molar-refractivity contribution in [3.63, 3.8) is 0 Å². The zero-order chi connectivity index (χ0) is 13.0. The van der Waals surface area contributed by atoms with Crippen LogP contribution < -0.4 is 10.6 Å². The summed E-state index contributed by atoms with van der Waals surface area (Å²) >= 11 is 0. The predicted molar refractivity (Wildman–Crippen MR) is 72.2 cm³/mol. The molecule has 3 heteroatoms. The van der Waals surface area contributed by atoms with Crippen LogP contribution in [0.4, 0.5) is 5.69 Å². The van der Waals surface area contributed by atoms with Crippen LogP contribution in [-0.2, 0) is 4.79 Å². The summed E-state index contributed by atoms with van der Waals surface area (Å²) in [5.41, 5.74) is 9.09. The summed E-state index contributed by atoms with van der Waals surface area (Å²) in [4.78, 5) is 13.7. The molecular formula is C14H22N2O. The number of nitrogens with two attached hydrogens (primary N) is 1. The summed E-state index contributed by atoms with van der Waals surface area (Å²) < 4.78 is 0. The number of rotatable bonds is 4. The number of carbonyl (C=O) groups excluding carboxylic acids is 1. The normalized spacial score (nSPS) is 12.3. The Kier molecular flexibility index (Phi) is 4.70. The van der Waals surface area contributed by atoms with Crippen molar-refractivity contribution in [1.29, 1.82) is 0 Å². The Bertz CT molecular complexity index is 401. The van der Waals surface area contributed by atoms with E-state index < -0.39 is 6.04 Å². The van der Waals surface area contributed by atoms with Crippen molar-refractivity contribution in [3.05, 3.63) is 29.3 Å². The maximum atomic E-state index is 12.1. The Hall–Kier alpha value is -1.35. The number of hydrogen-bond donors (Lipinski definition) is 1. The van der Waals surface area contributed by atoms with Gasteiger partial charge >= 0.3 is 0 Å². The highest BCUT2D eigenvalue weighted by Crippen LogP contribution is 2.20. The third-order valence-electron chi connectivity index (χ3n) is 2.96. The van der Waals surface area contributed by atoms with Crippen molar-refractivity contribution in [2.24, 2.45) is 5.73 Å². The monoisotopic (exact) mass is 234 g/mol. The van der Waals surface area contributed by atoms with E-state index in [9.17, 15) is 4.79 Å². The molecule has 0 aromatic heterocycles. The smallest absolute Gasteiger partial charge is 0.243 e. The number of amides is 1. The van der Waals surface area contributed by atoms with Crippen LogP contribution in [0.2, 0.25) is 0 Å². The number of anilines is 1. The van der Waals surface area contributed by atoms with Crippen molar-refractivity contribution in [3.8, 4) is 0 Å². The highest BCUT2D eigenvalue weighted by molar-refractivity contribution is 5.97. The first kappa shape index (κ1) is 13.7. The largest absolute Gasteiger partial charge is 0.320 e. The van der Waals surface area contributed by atoms with E-state index >= 15 is 0 Å². The van der Waals surface area contributed by atoms with Gasteiger partial charge < -0.3 is 10.6 Å². The van der Waals surface area contributed by atoms with E-state index in [0.29, 0.717) is 0 Å². The topological polar surface area (TPSA) is 46.3 Å². The maximum Gasteiger partial charge on any atom is 0.243 e. The number of likely N-dealkylation sites (N-methyl/N-ethyl adjacent to an activating group) is 1. The van der Waals surface area contributed by atoms with Crippen LogP contribution in [-0.4, -0.2) is 19.0 Å². The lowest BCUT2D eigenvalue weighted by Gasteiger charge is -2.23. The molecule has 1 atom stereocenters. The van der Waals surface area contributed by atoms with Gasteiger partial charge in [-0.15, -0.1) is 0 Å². The molecule has 0 unspecified atom stereocenters. The third kappa shape index (κ3) is 3.30. The molecule has 94 valence electrons. The average molecular weight is 234 g/mol. The summed E-state index contributed by atoms with van der Waals surface area (Å²) in [6.45, 7) is 6.09. The van der Waals surface area contributed by atoms with E-state index in [2.05, 4.69) is 6.07 Å². The molecule has 1 amide bonds. The Morgan fingerprint density at radius 3 is 2.59 bits per heavy atom. The number of hydrogen-bond acceptors (Lipinski definition) is 2. The van der Waals surface area contributed by atoms with Gasteiger partial charge in [0.2, 0.25) is 5.91 Å². The number of nitrogens with zero attached hydrogens (tertiary/aromatic N) is 1. The van der Waals surface area contributed by atoms with E-state index in [1.165, 1.54) is 5.56 Å². The number of carbonyl (C=O) groups is 1. The second-order valence-electron chi connectivity index (χ2n) is 4.58. The fraction of sp³-hybridized carbons (Fsp3) is 0.500. The first-order valence-corrected chi connectivity index (χ1v) is 6.07. The van der Waals surface area contributed by atoms with Gasteiger partial charge in [-0.05, 0) is 31.9 Å². The molecule has 0 saturated heterocycles. The minimum Gasteiger partial charge on any atom is -0.320 e. The molecule has 0 spiro atoms. The van der Waals surface area contributed by atoms with Crippen molar-refractivity contribution < 1.29 is 4.79 Å². The second-order valence-corrected chi connectivity index (χ2v) is 4.58. The lowest BCUT2D eigenvalue weighted by molar-refractivity contribution is -0.119. The molecule has 1 aromatic rings. The van der Waals surface area contributed by atoms with Crippen LogP contribution in [0.25, 0.3) is 0 Å². The van der Waals surface area contributed by atoms with Crippen molar-refractivity contribution in [2.45, 2.75) is 39.7 Å². The highest BCUT2D eigenvalue weighted by Gasteiger charge is 2.19. The van der Waals surface area contributed by atoms with Crippen molar-refractivity contribution >= 4 is 11.6 Å². The lowest BCUT2D eigenvalue weighted by Crippen LogP contribution is -2.42. The van der Waals surface area contributed by atoms with E-state index in [-0.39, 0.29) is 5.91 Å². The molecule has 0 aliphatic rings. The Morgan fingerprint density at radius 1 is 1.41 bits per heavy atom. The molecule has 0 heterocycles. The van der Waals surface area contributed by atoms with Crippen LogP contribution in [0.1, 0.15) is 30.9 Å². The van der Waals surface area contributed by atoms with E-state index in [0.717, 1.165) is 24.1 Å². The van der Waals surface area contributed by atoms with Gasteiger partial charge in [0.05, 0.1) is 6.04 Å². The molecule has 1 aromatic carbocycles. The fourth-order valence-corrected chi connectivity index (χ4v) is 1.98. The Balaban J connectivity index is 2.88. The van der Waals surface area contributed by atoms with Gasteiger partial charge in [0.15, 0.2) is 0 Å². The molecule has 3 nitrogen and oxygen atoms in total. The molecule has 0 radical (unpaired) electrons. The molecule has 0 aliphatic carbocycles. The van der Waals surface area contributed by atoms with Crippen molar-refractivity contribution in [2.75, 3.05) is 11.9 Å². The first-order valence-electron chi connectivity index (χ1n) is 6.07. The molecule has 0 fully saturated rings. The van der Waals surface area contributed by atoms with Crippen LogP contribution >= 0.6 is 0 Å². The van der Waals surface area contributed by atoms with Gasteiger partial charge in [-0.25, -0.2) is 0 Å². The van der Waals surface area contributed by atoms with Gasteiger partial charge in [-0.3, -0.25) is 4.79 Å². The molecular weight excluding hydrogens is 212 g/mol. The van der Waals surface area contributed by atoms with Gasteiger partial charge in [0.1, 0.15) is 0 Å². The van der Waals surface area contributed by atoms with Gasteiger partial charge in [0, 0.05) is 12.7 Å². The average Bonchev–Trinajstić information content (AvgIpc) is 2.27. The maximum absolute atomic E-state index is 12.1. The fourth-order valence-electron chi connectivity index (χ4n) is 1.98. The molecule has 0 aliphatic heterocycles. The quantitative estimate of drug-likeness (QED) is 0.869. The molecule has 2 N–H and O–H groups in total. The van der Waals surface area contributed by atoms with Gasteiger partial charge in [-0.1, -0.05) is 31.0 Å². The Labute approximate surface area is 104 Å². The summed E-state index contributed by atoms with van der Waals surface area (Å²) in [5, 5.41) is 0. The summed E-state index contributed by atoms with van der Waals surface area (Å²) in [6, 6.07) is 5.66. The van der Waals surface area contributed by atoms with Crippen LogP contribution in [0.3, 0.4) is 0 Å². The highest BCUT2D eigenvalue weighted by atomic mass is 16.2. The second kappa shape index (κ2) is 5.82. The van der Waals surface area contributed by atoms with Crippen LogP contribution in [0.5, 0.6) is 0 Å². The molecule has 17 heavy (non-hydrogen) atoms. The third-order valence-corrected chi connectivity index (χ3v) is 2.96. The first-order chi connectivity index (χ1) is 7.97. The SMILES string of the molecule is CCC[C@@H](N)C(=O)N(C)c1ccc(C)cc1C. The minimum absolute atomic E-state index is 0.0150. The zero-order valence-electron chi connectivity index (χ0n) is 11.2. The lowest BCUT2D eigenvalue weighted by atomic mass is 10.1. The molecule has 0 saturated carbocycles. The number of benzene rings is 1. The summed E-state index contributed by atoms with van der Waals surface area (Å²) in [5.74, 6) is -0.0150. The van der Waals surface area contributed by atoms with Crippen LogP contribution in [0, 0.1) is 13.8 Å². The summed E-state index contributed by atoms with van der Waals surface area (Å²) in [6.07, 6.45) is 1.65. The zero-order valence-corrected chi connectivity index (χ0v) is 11.2. The number of aryl methyl sites for hydroxylation is 2. The molecule has 1 rings (SSSR count). The van der Waals surface area contributed by atoms with E-state index in [1.807, 2.05) is 32.9 Å². The van der Waals surface area contributed by atoms with E-state index in [1.54, 1.807) is 11.9 Å². The Morgan fingerprint density at radius 2 is 2.06 bits per heavy atom. The van der Waals surface area contributed by atoms with Crippen molar-refractivity contribution in [1.82, 2.24) is 0 Å². The molecule has 0 bridgehead atoms. The van der Waals surface area contributed by atoms with E-state index in [4.69, 9.17) is 5.73 Å². The summed E-state index contributed by atoms with van der Waals surface area (Å²) in [7, 11) is 1.79. The predicted octanol–water partition coefficient (Wildman–Crippen LogP) is 2.39. The minimum atomic E-state index is -0.397.